The van der Waals surface area contributed by atoms with Gasteiger partial charge in [0.15, 0.2) is 0 Å². The van der Waals surface area contributed by atoms with E-state index in [1.54, 1.807) is 13.3 Å². The summed E-state index contributed by atoms with van der Waals surface area (Å²) < 4.78 is 4.96. The first-order chi connectivity index (χ1) is 7.36. The van der Waals surface area contributed by atoms with Crippen LogP contribution in [0.15, 0.2) is 12.3 Å². The Morgan fingerprint density at radius 3 is 3.07 bits per heavy atom. The fourth-order valence-corrected chi connectivity index (χ4v) is 1.29. The van der Waals surface area contributed by atoms with Crippen molar-refractivity contribution in [2.24, 2.45) is 0 Å². The molecule has 0 aliphatic carbocycles. The van der Waals surface area contributed by atoms with E-state index in [2.05, 4.69) is 22.2 Å². The number of methoxy groups -OCH3 is 1. The van der Waals surface area contributed by atoms with E-state index in [4.69, 9.17) is 4.74 Å². The summed E-state index contributed by atoms with van der Waals surface area (Å²) in [7, 11) is 1.71. The van der Waals surface area contributed by atoms with Crippen LogP contribution in [0.1, 0.15) is 25.5 Å². The Morgan fingerprint density at radius 1 is 1.47 bits per heavy atom. The van der Waals surface area contributed by atoms with E-state index < -0.39 is 0 Å². The molecule has 0 saturated carbocycles. The van der Waals surface area contributed by atoms with Gasteiger partial charge in [0, 0.05) is 32.2 Å². The summed E-state index contributed by atoms with van der Waals surface area (Å²) in [6.45, 7) is 3.76. The van der Waals surface area contributed by atoms with E-state index in [-0.39, 0.29) is 0 Å². The van der Waals surface area contributed by atoms with Gasteiger partial charge in [-0.1, -0.05) is 13.3 Å². The van der Waals surface area contributed by atoms with E-state index >= 15 is 0 Å². The molecule has 0 aliphatic heterocycles. The highest BCUT2D eigenvalue weighted by Gasteiger charge is 1.97. The quantitative estimate of drug-likeness (QED) is 0.696. The van der Waals surface area contributed by atoms with Crippen LogP contribution in [0, 0.1) is 0 Å². The summed E-state index contributed by atoms with van der Waals surface area (Å²) in [5.41, 5.74) is 1.10. The van der Waals surface area contributed by atoms with Crippen molar-refractivity contribution in [3.8, 4) is 0 Å². The molecular formula is C11H19N3O. The van der Waals surface area contributed by atoms with Crippen molar-refractivity contribution in [1.82, 2.24) is 9.97 Å². The molecule has 4 heteroatoms. The third kappa shape index (κ3) is 4.74. The number of nitrogens with one attached hydrogen (secondary N) is 1. The van der Waals surface area contributed by atoms with Crippen LogP contribution < -0.4 is 5.32 Å². The van der Waals surface area contributed by atoms with Gasteiger partial charge >= 0.3 is 0 Å². The number of aromatic nitrogens is 2. The highest BCUT2D eigenvalue weighted by molar-refractivity contribution is 5.24. The summed E-state index contributed by atoms with van der Waals surface area (Å²) in [4.78, 5) is 8.55. The molecule has 1 rings (SSSR count). The highest BCUT2D eigenvalue weighted by atomic mass is 16.5. The number of aryl methyl sites for hydroxylation is 1. The van der Waals surface area contributed by atoms with Gasteiger partial charge in [-0.05, 0) is 18.9 Å². The molecule has 0 bridgehead atoms. The van der Waals surface area contributed by atoms with Gasteiger partial charge in [0.25, 0.3) is 0 Å². The Morgan fingerprint density at radius 2 is 2.33 bits per heavy atom. The smallest absolute Gasteiger partial charge is 0.222 e. The number of ether oxygens (including phenoxy) is 1. The molecule has 0 atom stereocenters. The minimum atomic E-state index is 0.719. The lowest BCUT2D eigenvalue weighted by Crippen LogP contribution is -2.08. The zero-order chi connectivity index (χ0) is 10.9. The van der Waals surface area contributed by atoms with E-state index in [0.717, 1.165) is 44.1 Å². The lowest BCUT2D eigenvalue weighted by Gasteiger charge is -2.05. The van der Waals surface area contributed by atoms with Gasteiger partial charge < -0.3 is 10.1 Å². The molecule has 0 aliphatic rings. The number of anilines is 1. The van der Waals surface area contributed by atoms with Crippen LogP contribution in [-0.2, 0) is 11.2 Å². The fourth-order valence-electron chi connectivity index (χ4n) is 1.29. The lowest BCUT2D eigenvalue weighted by atomic mass is 10.2. The van der Waals surface area contributed by atoms with Crippen LogP contribution in [0.2, 0.25) is 0 Å². The third-order valence-electron chi connectivity index (χ3n) is 2.03. The van der Waals surface area contributed by atoms with E-state index in [0.29, 0.717) is 0 Å². The van der Waals surface area contributed by atoms with Crippen molar-refractivity contribution < 1.29 is 4.74 Å². The van der Waals surface area contributed by atoms with Crippen molar-refractivity contribution in [3.05, 3.63) is 18.0 Å². The Hall–Kier alpha value is -1.16. The minimum absolute atomic E-state index is 0.719. The van der Waals surface area contributed by atoms with Crippen LogP contribution >= 0.6 is 0 Å². The van der Waals surface area contributed by atoms with Crippen molar-refractivity contribution in [1.29, 1.82) is 0 Å². The first kappa shape index (κ1) is 11.9. The van der Waals surface area contributed by atoms with Crippen molar-refractivity contribution in [2.75, 3.05) is 25.6 Å². The number of hydrogen-bond donors (Lipinski definition) is 1. The molecule has 0 amide bonds. The molecule has 1 aromatic heterocycles. The van der Waals surface area contributed by atoms with Crippen molar-refractivity contribution in [3.63, 3.8) is 0 Å². The van der Waals surface area contributed by atoms with E-state index in [1.807, 2.05) is 6.07 Å². The van der Waals surface area contributed by atoms with Gasteiger partial charge in [-0.2, -0.15) is 0 Å². The molecule has 0 spiro atoms. The van der Waals surface area contributed by atoms with Crippen LogP contribution in [0.5, 0.6) is 0 Å². The first-order valence-electron chi connectivity index (χ1n) is 5.41. The summed E-state index contributed by atoms with van der Waals surface area (Å²) in [5, 5.41) is 3.18. The second-order valence-corrected chi connectivity index (χ2v) is 3.39. The monoisotopic (exact) mass is 209 g/mol. The number of hydrogen-bond acceptors (Lipinski definition) is 4. The maximum absolute atomic E-state index is 4.96. The average Bonchev–Trinajstić information content (AvgIpc) is 2.26. The molecular weight excluding hydrogens is 190 g/mol. The van der Waals surface area contributed by atoms with Crippen LogP contribution in [0.25, 0.3) is 0 Å². The molecule has 84 valence electrons. The maximum atomic E-state index is 4.96. The second-order valence-electron chi connectivity index (χ2n) is 3.39. The number of nitrogens with zero attached hydrogens (tertiary/aromatic N) is 2. The SMILES string of the molecule is CCCc1ccnc(NCCCOC)n1. The molecule has 1 N–H and O–H groups in total. The van der Waals surface area contributed by atoms with Gasteiger partial charge in [0.05, 0.1) is 0 Å². The molecule has 0 radical (unpaired) electrons. The topological polar surface area (TPSA) is 47.0 Å². The summed E-state index contributed by atoms with van der Waals surface area (Å²) in [5.74, 6) is 0.719. The zero-order valence-electron chi connectivity index (χ0n) is 9.49. The molecule has 1 heterocycles. The Balaban J connectivity index is 2.36. The fraction of sp³-hybridized carbons (Fsp3) is 0.636. The maximum Gasteiger partial charge on any atom is 0.222 e. The first-order valence-corrected chi connectivity index (χ1v) is 5.41. The molecule has 15 heavy (non-hydrogen) atoms. The van der Waals surface area contributed by atoms with Crippen molar-refractivity contribution in [2.45, 2.75) is 26.2 Å². The largest absolute Gasteiger partial charge is 0.385 e. The Labute approximate surface area is 91.1 Å². The molecule has 0 unspecified atom stereocenters. The summed E-state index contributed by atoms with van der Waals surface area (Å²) >= 11 is 0. The van der Waals surface area contributed by atoms with Gasteiger partial charge in [0.1, 0.15) is 0 Å². The predicted octanol–water partition coefficient (Wildman–Crippen LogP) is 1.88. The van der Waals surface area contributed by atoms with Crippen molar-refractivity contribution >= 4 is 5.95 Å². The lowest BCUT2D eigenvalue weighted by molar-refractivity contribution is 0.197. The third-order valence-corrected chi connectivity index (χ3v) is 2.03. The number of rotatable bonds is 7. The second kappa shape index (κ2) is 7.17. The van der Waals surface area contributed by atoms with Crippen LogP contribution in [0.4, 0.5) is 5.95 Å². The standard InChI is InChI=1S/C11H19N3O/c1-3-5-10-6-8-13-11(14-10)12-7-4-9-15-2/h6,8H,3-5,7,9H2,1-2H3,(H,12,13,14). The van der Waals surface area contributed by atoms with E-state index in [9.17, 15) is 0 Å². The molecule has 4 nitrogen and oxygen atoms in total. The summed E-state index contributed by atoms with van der Waals surface area (Å²) in [6, 6.07) is 1.96. The normalized spacial score (nSPS) is 10.3. The summed E-state index contributed by atoms with van der Waals surface area (Å²) in [6.07, 6.45) is 4.89. The molecule has 0 saturated heterocycles. The zero-order valence-corrected chi connectivity index (χ0v) is 9.49. The Bertz CT molecular complexity index is 278. The molecule has 0 fully saturated rings. The van der Waals surface area contributed by atoms with E-state index in [1.165, 1.54) is 0 Å². The molecule has 1 aromatic rings. The molecule has 0 aromatic carbocycles. The predicted molar refractivity (Wildman–Crippen MR) is 61.0 cm³/mol. The minimum Gasteiger partial charge on any atom is -0.385 e. The van der Waals surface area contributed by atoms with Gasteiger partial charge in [-0.3, -0.25) is 0 Å². The van der Waals surface area contributed by atoms with Crippen LogP contribution in [-0.4, -0.2) is 30.2 Å². The van der Waals surface area contributed by atoms with Gasteiger partial charge in [-0.15, -0.1) is 0 Å². The Kier molecular flexibility index (Phi) is 5.70. The van der Waals surface area contributed by atoms with Gasteiger partial charge in [0.2, 0.25) is 5.95 Å². The highest BCUT2D eigenvalue weighted by Crippen LogP contribution is 2.02. The average molecular weight is 209 g/mol. The van der Waals surface area contributed by atoms with Gasteiger partial charge in [-0.25, -0.2) is 9.97 Å². The van der Waals surface area contributed by atoms with Crippen LogP contribution in [0.3, 0.4) is 0 Å².